The third kappa shape index (κ3) is 16.2. The number of nitro groups is 1. The summed E-state index contributed by atoms with van der Waals surface area (Å²) in [5.41, 5.74) is 4.96. The van der Waals surface area contributed by atoms with Crippen molar-refractivity contribution in [3.63, 3.8) is 0 Å². The number of hydrogen-bond acceptors (Lipinski definition) is 13. The van der Waals surface area contributed by atoms with Gasteiger partial charge in [0.05, 0.1) is 17.1 Å². The number of rotatable bonds is 13. The summed E-state index contributed by atoms with van der Waals surface area (Å²) in [4.78, 5) is 54.4. The molecule has 4 N–H and O–H groups in total. The van der Waals surface area contributed by atoms with Crippen molar-refractivity contribution in [3.8, 4) is 16.7 Å². The Balaban J connectivity index is 0.000000316. The number of nitrogens with zero attached hydrogens (tertiary/aromatic N) is 4. The Morgan fingerprint density at radius 3 is 2.19 bits per heavy atom. The maximum Gasteiger partial charge on any atom is 0.445 e. The van der Waals surface area contributed by atoms with Crippen LogP contribution in [0, 0.1) is 15.9 Å². The van der Waals surface area contributed by atoms with Crippen LogP contribution in [0.5, 0.6) is 16.7 Å². The molecule has 16 nitrogen and oxygen atoms in total. The molecule has 0 aliphatic carbocycles. The second-order valence-electron chi connectivity index (χ2n) is 11.6. The molecule has 57 heavy (non-hydrogen) atoms. The zero-order chi connectivity index (χ0) is 43.2. The van der Waals surface area contributed by atoms with Gasteiger partial charge < -0.3 is 34.8 Å². The molecular weight excluding hydrogens is 852 g/mol. The maximum atomic E-state index is 13.0. The van der Waals surface area contributed by atoms with E-state index in [1.165, 1.54) is 54.0 Å². The number of methoxy groups -OCH3 is 1. The molecule has 0 aliphatic rings. The van der Waals surface area contributed by atoms with Crippen molar-refractivity contribution in [2.24, 2.45) is 5.73 Å². The van der Waals surface area contributed by atoms with Gasteiger partial charge in [-0.15, -0.1) is 5.10 Å². The normalized spacial score (nSPS) is 12.4. The van der Waals surface area contributed by atoms with Crippen LogP contribution in [0.1, 0.15) is 35.6 Å². The summed E-state index contributed by atoms with van der Waals surface area (Å²) in [7, 11) is -1.97. The number of hydrogen-bond donors (Lipinski definition) is 3. The van der Waals surface area contributed by atoms with Crippen LogP contribution in [0.15, 0.2) is 60.7 Å². The van der Waals surface area contributed by atoms with Crippen molar-refractivity contribution in [2.75, 3.05) is 31.4 Å². The number of ether oxygens (including phenoxy) is 3. The predicted octanol–water partition coefficient (Wildman–Crippen LogP) is 7.69. The molecule has 2 unspecified atom stereocenters. The largest absolute Gasteiger partial charge is 0.480 e. The fourth-order valence-corrected chi connectivity index (χ4v) is 5.87. The standard InChI is InChI=1S/C14H9Cl2NO5.C14H13F4N3O2S.C5H12NO4P/c1-21-14(18)10-7-9(3-4-12(10)17(19)20)22-13-5-2-8(15)6-11(13)16;1-8(2)21(10-5-3-9(15)4-6-10)11(22)7-23-13-20-19-12(24-13)14(16,17)18;1-11(9,10)3-2-4(6)5(7)8/h2-7H,1H3;3-6,8H,7H2,1-2H3;4H,2-3,6H2,1H3,(H,7,8)(H,9,10). The lowest BCUT2D eigenvalue weighted by Gasteiger charge is -2.26. The number of carboxylic acids is 1. The monoisotopic (exact) mass is 885 g/mol. The first-order valence-corrected chi connectivity index (χ1v) is 19.7. The molecule has 4 aromatic rings. The third-order valence-corrected chi connectivity index (χ3v) is 9.22. The minimum Gasteiger partial charge on any atom is -0.480 e. The van der Waals surface area contributed by atoms with Gasteiger partial charge in [0, 0.05) is 41.7 Å². The number of anilines is 1. The number of alkyl halides is 3. The highest BCUT2D eigenvalue weighted by Crippen LogP contribution is 2.36. The summed E-state index contributed by atoms with van der Waals surface area (Å²) in [6.45, 7) is 4.16. The van der Waals surface area contributed by atoms with E-state index in [0.29, 0.717) is 16.5 Å². The molecule has 310 valence electrons. The average Bonchev–Trinajstić information content (AvgIpc) is 3.62. The van der Waals surface area contributed by atoms with Crippen molar-refractivity contribution in [1.82, 2.24) is 10.2 Å². The minimum atomic E-state index is -4.61. The molecule has 1 heterocycles. The van der Waals surface area contributed by atoms with E-state index in [1.807, 2.05) is 0 Å². The molecule has 4 rings (SSSR count). The highest BCUT2D eigenvalue weighted by molar-refractivity contribution is 7.57. The molecule has 0 saturated heterocycles. The predicted molar refractivity (Wildman–Crippen MR) is 201 cm³/mol. The topological polar surface area (TPSA) is 235 Å². The Morgan fingerprint density at radius 2 is 1.70 bits per heavy atom. The van der Waals surface area contributed by atoms with E-state index < -0.39 is 59.8 Å². The van der Waals surface area contributed by atoms with E-state index >= 15 is 0 Å². The molecule has 0 spiro atoms. The van der Waals surface area contributed by atoms with Gasteiger partial charge in [0.15, 0.2) is 14.0 Å². The van der Waals surface area contributed by atoms with E-state index in [1.54, 1.807) is 26.0 Å². The Labute approximate surface area is 335 Å². The van der Waals surface area contributed by atoms with Crippen LogP contribution in [0.4, 0.5) is 28.9 Å². The van der Waals surface area contributed by atoms with Crippen molar-refractivity contribution in [2.45, 2.75) is 38.5 Å². The van der Waals surface area contributed by atoms with Gasteiger partial charge in [-0.05, 0) is 68.8 Å². The lowest BCUT2D eigenvalue weighted by Crippen LogP contribution is -2.40. The lowest BCUT2D eigenvalue weighted by molar-refractivity contribution is -0.385. The van der Waals surface area contributed by atoms with Crippen molar-refractivity contribution < 1.29 is 65.6 Å². The van der Waals surface area contributed by atoms with Gasteiger partial charge in [-0.3, -0.25) is 24.3 Å². The number of carboxylic acid groups (broad SMARTS) is 1. The number of aromatic nitrogens is 2. The number of carbonyl (C=O) groups is 3. The first-order valence-electron chi connectivity index (χ1n) is 15.8. The molecule has 0 aliphatic heterocycles. The highest BCUT2D eigenvalue weighted by atomic mass is 35.5. The Morgan fingerprint density at radius 1 is 1.07 bits per heavy atom. The molecule has 0 fully saturated rings. The summed E-state index contributed by atoms with van der Waals surface area (Å²) in [6.07, 6.45) is -4.61. The Bertz CT molecular complexity index is 2070. The fraction of sp³-hybridized carbons (Fsp3) is 0.303. The molecular formula is C33H34Cl2F4N5O11PS. The van der Waals surface area contributed by atoms with E-state index in [0.717, 1.165) is 13.2 Å². The summed E-state index contributed by atoms with van der Waals surface area (Å²) in [6, 6.07) is 12.3. The number of halogens is 6. The zero-order valence-corrected chi connectivity index (χ0v) is 33.3. The second-order valence-corrected chi connectivity index (χ2v) is 15.9. The number of nitro benzene ring substituents is 1. The quantitative estimate of drug-likeness (QED) is 0.0384. The van der Waals surface area contributed by atoms with Crippen molar-refractivity contribution in [3.05, 3.63) is 97.2 Å². The van der Waals surface area contributed by atoms with Crippen molar-refractivity contribution in [1.29, 1.82) is 0 Å². The van der Waals surface area contributed by atoms with E-state index in [-0.39, 0.29) is 57.2 Å². The molecule has 0 saturated carbocycles. The molecule has 1 amide bonds. The van der Waals surface area contributed by atoms with Crippen LogP contribution in [0.3, 0.4) is 0 Å². The van der Waals surface area contributed by atoms with E-state index in [4.69, 9.17) is 48.4 Å². The van der Waals surface area contributed by atoms with Gasteiger partial charge in [-0.2, -0.15) is 13.2 Å². The smallest absolute Gasteiger partial charge is 0.445 e. The number of aliphatic carboxylic acids is 1. The molecule has 2 atom stereocenters. The summed E-state index contributed by atoms with van der Waals surface area (Å²) >= 11 is 12.0. The Hall–Kier alpha value is -4.92. The number of benzene rings is 3. The number of esters is 1. The summed E-state index contributed by atoms with van der Waals surface area (Å²) in [5, 5.41) is 24.6. The van der Waals surface area contributed by atoms with E-state index in [9.17, 15) is 46.6 Å². The van der Waals surface area contributed by atoms with Crippen LogP contribution in [-0.4, -0.2) is 81.6 Å². The summed E-state index contributed by atoms with van der Waals surface area (Å²) in [5.74, 6) is -2.41. The number of nitrogens with two attached hydrogens (primary N) is 1. The van der Waals surface area contributed by atoms with Crippen molar-refractivity contribution >= 4 is 71.1 Å². The lowest BCUT2D eigenvalue weighted by atomic mass is 10.1. The van der Waals surface area contributed by atoms with Gasteiger partial charge in [0.2, 0.25) is 5.01 Å². The number of amides is 1. The first kappa shape index (κ1) is 48.2. The molecule has 0 radical (unpaired) electrons. The SMILES string of the molecule is CC(C)N(C(=O)COc1nnc(C(F)(F)F)s1)c1ccc(F)cc1.COC(=O)c1cc(Oc2ccc(Cl)cc2Cl)ccc1[N+](=O)[O-].CP(=O)(O)CCC(N)C(=O)O. The minimum absolute atomic E-state index is 0.0412. The average molecular weight is 887 g/mol. The van der Waals surface area contributed by atoms with Crippen LogP contribution in [-0.2, 0) is 25.1 Å². The van der Waals surface area contributed by atoms with Crippen LogP contribution in [0.2, 0.25) is 10.0 Å². The van der Waals surface area contributed by atoms with Crippen LogP contribution >= 0.6 is 41.9 Å². The highest BCUT2D eigenvalue weighted by Gasteiger charge is 2.36. The maximum absolute atomic E-state index is 13.0. The van der Waals surface area contributed by atoms with Gasteiger partial charge in [0.25, 0.3) is 16.8 Å². The van der Waals surface area contributed by atoms with Gasteiger partial charge in [-0.25, -0.2) is 9.18 Å². The van der Waals surface area contributed by atoms with Gasteiger partial charge in [0.1, 0.15) is 28.9 Å². The fourth-order valence-electron chi connectivity index (χ4n) is 4.11. The van der Waals surface area contributed by atoms with Crippen LogP contribution < -0.4 is 20.1 Å². The zero-order valence-electron chi connectivity index (χ0n) is 30.1. The number of carbonyl (C=O) groups excluding carboxylic acids is 2. The molecule has 24 heteroatoms. The second kappa shape index (κ2) is 21.6. The van der Waals surface area contributed by atoms with E-state index in [2.05, 4.69) is 14.9 Å². The Kier molecular flexibility index (Phi) is 18.2. The van der Waals surface area contributed by atoms with Crippen LogP contribution in [0.25, 0.3) is 0 Å². The van der Waals surface area contributed by atoms with Gasteiger partial charge in [-0.1, -0.05) is 39.6 Å². The van der Waals surface area contributed by atoms with Gasteiger partial charge >= 0.3 is 18.1 Å². The molecule has 3 aromatic carbocycles. The first-order chi connectivity index (χ1) is 26.4. The molecule has 0 bridgehead atoms. The molecule has 1 aromatic heterocycles. The third-order valence-electron chi connectivity index (χ3n) is 6.72. The summed E-state index contributed by atoms with van der Waals surface area (Å²) < 4.78 is 76.0.